The number of ether oxygens (including phenoxy) is 1. The summed E-state index contributed by atoms with van der Waals surface area (Å²) < 4.78 is 18.8. The maximum absolute atomic E-state index is 13.5. The van der Waals surface area contributed by atoms with Gasteiger partial charge in [-0.1, -0.05) is 0 Å². The van der Waals surface area contributed by atoms with Gasteiger partial charge in [-0.05, 0) is 31.0 Å². The number of carboxylic acids is 1. The maximum atomic E-state index is 13.5. The minimum atomic E-state index is -1.16. The van der Waals surface area contributed by atoms with Crippen molar-refractivity contribution in [2.75, 3.05) is 13.2 Å². The molecular formula is C12H14FNO3. The van der Waals surface area contributed by atoms with Gasteiger partial charge in [0.25, 0.3) is 0 Å². The standard InChI is InChI=1S/C12H14FNO3/c13-9-5-8(11(15)16)1-2-10(9)17-7-12(6-14)3-4-12/h1-2,5H,3-4,6-7,14H2,(H,15,16). The van der Waals surface area contributed by atoms with Crippen LogP contribution in [0.1, 0.15) is 23.2 Å². The first-order valence-corrected chi connectivity index (χ1v) is 5.42. The van der Waals surface area contributed by atoms with Crippen molar-refractivity contribution in [1.29, 1.82) is 0 Å². The highest BCUT2D eigenvalue weighted by Gasteiger charge is 2.42. The number of nitrogens with two attached hydrogens (primary N) is 1. The molecule has 1 aromatic rings. The van der Waals surface area contributed by atoms with Gasteiger partial charge in [-0.2, -0.15) is 0 Å². The van der Waals surface area contributed by atoms with Crippen LogP contribution in [-0.2, 0) is 0 Å². The van der Waals surface area contributed by atoms with Crippen molar-refractivity contribution in [3.8, 4) is 5.75 Å². The smallest absolute Gasteiger partial charge is 0.335 e. The van der Waals surface area contributed by atoms with Crippen LogP contribution in [0.25, 0.3) is 0 Å². The van der Waals surface area contributed by atoms with Gasteiger partial charge in [-0.15, -0.1) is 0 Å². The molecule has 92 valence electrons. The molecular weight excluding hydrogens is 225 g/mol. The Morgan fingerprint density at radius 1 is 1.53 bits per heavy atom. The molecule has 0 bridgehead atoms. The van der Waals surface area contributed by atoms with Crippen molar-refractivity contribution >= 4 is 5.97 Å². The Balaban J connectivity index is 2.04. The third-order valence-corrected chi connectivity index (χ3v) is 3.10. The summed E-state index contributed by atoms with van der Waals surface area (Å²) in [5.74, 6) is -1.73. The second-order valence-corrected chi connectivity index (χ2v) is 4.44. The Labute approximate surface area is 98.2 Å². The van der Waals surface area contributed by atoms with Crippen LogP contribution in [0.5, 0.6) is 5.75 Å². The lowest BCUT2D eigenvalue weighted by atomic mass is 10.1. The Kier molecular flexibility index (Phi) is 3.02. The van der Waals surface area contributed by atoms with Crippen LogP contribution < -0.4 is 10.5 Å². The van der Waals surface area contributed by atoms with E-state index >= 15 is 0 Å². The van der Waals surface area contributed by atoms with Gasteiger partial charge in [0.15, 0.2) is 11.6 Å². The first-order chi connectivity index (χ1) is 8.06. The minimum Gasteiger partial charge on any atom is -0.490 e. The molecule has 4 nitrogen and oxygen atoms in total. The van der Waals surface area contributed by atoms with E-state index in [4.69, 9.17) is 15.6 Å². The zero-order valence-corrected chi connectivity index (χ0v) is 9.28. The Hall–Kier alpha value is -1.62. The van der Waals surface area contributed by atoms with Gasteiger partial charge in [0.1, 0.15) is 0 Å². The number of hydrogen-bond acceptors (Lipinski definition) is 3. The summed E-state index contributed by atoms with van der Waals surface area (Å²) in [5.41, 5.74) is 5.49. The first kappa shape index (κ1) is 11.9. The Bertz CT molecular complexity index is 443. The average molecular weight is 239 g/mol. The minimum absolute atomic E-state index is 0.00207. The van der Waals surface area contributed by atoms with E-state index in [1.807, 2.05) is 0 Å². The fraction of sp³-hybridized carbons (Fsp3) is 0.417. The number of aromatic carboxylic acids is 1. The molecule has 0 atom stereocenters. The van der Waals surface area contributed by atoms with E-state index < -0.39 is 11.8 Å². The maximum Gasteiger partial charge on any atom is 0.335 e. The predicted octanol–water partition coefficient (Wildman–Crippen LogP) is 1.64. The lowest BCUT2D eigenvalue weighted by molar-refractivity contribution is 0.0696. The number of benzene rings is 1. The van der Waals surface area contributed by atoms with E-state index in [2.05, 4.69) is 0 Å². The molecule has 0 spiro atoms. The molecule has 0 aromatic heterocycles. The highest BCUT2D eigenvalue weighted by Crippen LogP contribution is 2.44. The summed E-state index contributed by atoms with van der Waals surface area (Å²) in [5, 5.41) is 8.68. The van der Waals surface area contributed by atoms with E-state index in [0.717, 1.165) is 18.9 Å². The summed E-state index contributed by atoms with van der Waals surface area (Å²) in [6.45, 7) is 0.911. The van der Waals surface area contributed by atoms with E-state index in [1.165, 1.54) is 12.1 Å². The fourth-order valence-corrected chi connectivity index (χ4v) is 1.57. The van der Waals surface area contributed by atoms with Crippen LogP contribution in [0.15, 0.2) is 18.2 Å². The van der Waals surface area contributed by atoms with Gasteiger partial charge >= 0.3 is 5.97 Å². The summed E-state index contributed by atoms with van der Waals surface area (Å²) in [4.78, 5) is 10.6. The number of carboxylic acid groups (broad SMARTS) is 1. The highest BCUT2D eigenvalue weighted by atomic mass is 19.1. The van der Waals surface area contributed by atoms with Gasteiger partial charge in [-0.3, -0.25) is 0 Å². The highest BCUT2D eigenvalue weighted by molar-refractivity contribution is 5.87. The molecule has 1 aliphatic rings. The molecule has 0 radical (unpaired) electrons. The van der Waals surface area contributed by atoms with Crippen molar-refractivity contribution in [3.63, 3.8) is 0 Å². The van der Waals surface area contributed by atoms with Crippen molar-refractivity contribution < 1.29 is 19.0 Å². The molecule has 2 rings (SSSR count). The molecule has 0 unspecified atom stereocenters. The SMILES string of the molecule is NCC1(COc2ccc(C(=O)O)cc2F)CC1. The normalized spacial score (nSPS) is 16.6. The molecule has 17 heavy (non-hydrogen) atoms. The quantitative estimate of drug-likeness (QED) is 0.819. The van der Waals surface area contributed by atoms with Gasteiger partial charge in [0.05, 0.1) is 12.2 Å². The van der Waals surface area contributed by atoms with Gasteiger partial charge in [-0.25, -0.2) is 9.18 Å². The van der Waals surface area contributed by atoms with Crippen LogP contribution in [-0.4, -0.2) is 24.2 Å². The topological polar surface area (TPSA) is 72.5 Å². The summed E-state index contributed by atoms with van der Waals surface area (Å²) in [6.07, 6.45) is 2.00. The van der Waals surface area contributed by atoms with Crippen molar-refractivity contribution in [2.45, 2.75) is 12.8 Å². The van der Waals surface area contributed by atoms with E-state index in [9.17, 15) is 9.18 Å². The number of rotatable bonds is 5. The molecule has 0 aliphatic heterocycles. The summed E-state index contributed by atoms with van der Waals surface area (Å²) in [6, 6.07) is 3.62. The third-order valence-electron chi connectivity index (χ3n) is 3.10. The molecule has 0 heterocycles. The molecule has 0 saturated heterocycles. The van der Waals surface area contributed by atoms with Crippen molar-refractivity contribution in [1.82, 2.24) is 0 Å². The molecule has 3 N–H and O–H groups in total. The van der Waals surface area contributed by atoms with Crippen LogP contribution in [0.3, 0.4) is 0 Å². The second kappa shape index (κ2) is 4.33. The number of hydrogen-bond donors (Lipinski definition) is 2. The first-order valence-electron chi connectivity index (χ1n) is 5.42. The molecule has 1 aromatic carbocycles. The Morgan fingerprint density at radius 3 is 2.71 bits per heavy atom. The molecule has 1 saturated carbocycles. The molecule has 5 heteroatoms. The zero-order valence-electron chi connectivity index (χ0n) is 9.28. The van der Waals surface area contributed by atoms with Crippen LogP contribution in [0.4, 0.5) is 4.39 Å². The van der Waals surface area contributed by atoms with Crippen molar-refractivity contribution in [3.05, 3.63) is 29.6 Å². The lowest BCUT2D eigenvalue weighted by Crippen LogP contribution is -2.23. The van der Waals surface area contributed by atoms with Gasteiger partial charge < -0.3 is 15.6 Å². The largest absolute Gasteiger partial charge is 0.490 e. The third kappa shape index (κ3) is 2.55. The molecule has 0 amide bonds. The number of halogens is 1. The van der Waals surface area contributed by atoms with Gasteiger partial charge in [0, 0.05) is 12.0 Å². The lowest BCUT2D eigenvalue weighted by Gasteiger charge is -2.14. The van der Waals surface area contributed by atoms with E-state index in [-0.39, 0.29) is 16.7 Å². The van der Waals surface area contributed by atoms with Crippen molar-refractivity contribution in [2.24, 2.45) is 11.1 Å². The fourth-order valence-electron chi connectivity index (χ4n) is 1.57. The van der Waals surface area contributed by atoms with E-state index in [0.29, 0.717) is 13.2 Å². The van der Waals surface area contributed by atoms with Crippen LogP contribution in [0, 0.1) is 11.2 Å². The van der Waals surface area contributed by atoms with Crippen LogP contribution in [0.2, 0.25) is 0 Å². The summed E-state index contributed by atoms with van der Waals surface area (Å²) >= 11 is 0. The molecule has 1 aliphatic carbocycles. The predicted molar refractivity (Wildman–Crippen MR) is 59.6 cm³/mol. The second-order valence-electron chi connectivity index (χ2n) is 4.44. The van der Waals surface area contributed by atoms with E-state index in [1.54, 1.807) is 0 Å². The number of carbonyl (C=O) groups is 1. The van der Waals surface area contributed by atoms with Gasteiger partial charge in [0.2, 0.25) is 0 Å². The van der Waals surface area contributed by atoms with Crippen LogP contribution >= 0.6 is 0 Å². The monoisotopic (exact) mass is 239 g/mol. The average Bonchev–Trinajstić information content (AvgIpc) is 3.08. The molecule has 1 fully saturated rings. The summed E-state index contributed by atoms with van der Waals surface area (Å²) in [7, 11) is 0. The zero-order chi connectivity index (χ0) is 12.5. The Morgan fingerprint density at radius 2 is 2.24 bits per heavy atom.